The van der Waals surface area contributed by atoms with E-state index in [1.54, 1.807) is 0 Å². The molecule has 12 nitrogen and oxygen atoms in total. The van der Waals surface area contributed by atoms with Gasteiger partial charge in [-0.3, -0.25) is 19.6 Å². The zero-order valence-electron chi connectivity index (χ0n) is 26.3. The second kappa shape index (κ2) is 15.5. The van der Waals surface area contributed by atoms with E-state index in [9.17, 15) is 9.59 Å². The van der Waals surface area contributed by atoms with Crippen LogP contribution in [0.1, 0.15) is 54.4 Å². The number of rotatable bonds is 12. The van der Waals surface area contributed by atoms with Crippen LogP contribution in [0.3, 0.4) is 0 Å². The summed E-state index contributed by atoms with van der Waals surface area (Å²) < 4.78 is 0. The lowest BCUT2D eigenvalue weighted by atomic mass is 9.96. The summed E-state index contributed by atoms with van der Waals surface area (Å²) in [4.78, 5) is 47.8. The molecule has 8 N–H and O–H groups in total. The average Bonchev–Trinajstić information content (AvgIpc) is 3.37. The van der Waals surface area contributed by atoms with Gasteiger partial charge in [0, 0.05) is 52.1 Å². The first-order valence-electron chi connectivity index (χ1n) is 15.9. The molecule has 1 aromatic heterocycles. The Balaban J connectivity index is 1.17. The van der Waals surface area contributed by atoms with Crippen LogP contribution < -0.4 is 22.9 Å². The van der Waals surface area contributed by atoms with E-state index in [0.29, 0.717) is 13.1 Å². The number of aromatic nitrogens is 2. The van der Waals surface area contributed by atoms with Crippen LogP contribution in [-0.4, -0.2) is 95.6 Å². The van der Waals surface area contributed by atoms with Crippen LogP contribution in [0.4, 0.5) is 0 Å². The van der Waals surface area contributed by atoms with E-state index in [1.807, 2.05) is 12.1 Å². The lowest BCUT2D eigenvalue weighted by Gasteiger charge is -2.18. The Labute approximate surface area is 270 Å². The number of aliphatic imine (C=N–C) groups is 2. The molecule has 2 aromatic carbocycles. The number of hydrogen-bond acceptors (Lipinski definition) is 8. The number of guanidine groups is 2. The van der Waals surface area contributed by atoms with Gasteiger partial charge in [-0.2, -0.15) is 0 Å². The van der Waals surface area contributed by atoms with Gasteiger partial charge < -0.3 is 32.7 Å². The minimum absolute atomic E-state index is 0.114. The van der Waals surface area contributed by atoms with E-state index >= 15 is 0 Å². The smallest absolute Gasteiger partial charge is 0.185 e. The van der Waals surface area contributed by atoms with Gasteiger partial charge in [0.1, 0.15) is 17.7 Å². The minimum Gasteiger partial charge on any atom is -0.370 e. The number of ketones is 2. The van der Waals surface area contributed by atoms with Crippen molar-refractivity contribution in [2.45, 2.75) is 38.5 Å². The molecule has 5 rings (SSSR count). The molecule has 3 aromatic rings. The molecule has 0 saturated heterocycles. The van der Waals surface area contributed by atoms with Gasteiger partial charge in [-0.05, 0) is 65.1 Å². The third-order valence-corrected chi connectivity index (χ3v) is 8.72. The van der Waals surface area contributed by atoms with Crippen molar-refractivity contribution in [3.8, 4) is 0 Å². The summed E-state index contributed by atoms with van der Waals surface area (Å²) in [6.45, 7) is 6.47. The van der Waals surface area contributed by atoms with E-state index in [0.717, 1.165) is 76.1 Å². The molecule has 0 unspecified atom stereocenters. The quantitative estimate of drug-likeness (QED) is 0.126. The first-order valence-corrected chi connectivity index (χ1v) is 15.9. The number of carbonyl (C=O) groups excluding carboxylic acids is 2. The maximum absolute atomic E-state index is 13.3. The zero-order chi connectivity index (χ0) is 32.5. The molecule has 0 saturated carbocycles. The van der Waals surface area contributed by atoms with Crippen LogP contribution >= 0.6 is 0 Å². The standard InChI is InChI=1S/C34H44N10O2/c35-33(36)39-9-15-43-11-5-25-3-1-23(17-27(25)7-13-43)19-31(45)29-21-30(42-22-41-29)32(46)20-24-2-4-26-6-12-44(14-8-28(26)18-24)16-10-40-34(37)38/h1-4,17-18,21-22H,5-16,19-20H2,(H4,35,36,39)(H4,37,38,40). The van der Waals surface area contributed by atoms with Crippen LogP contribution in [0.25, 0.3) is 0 Å². The summed E-state index contributed by atoms with van der Waals surface area (Å²) in [6.07, 6.45) is 5.39. The SMILES string of the molecule is NC(N)=NCCN1CCc2ccc(CC(=O)c3cc(C(=O)Cc4ccc5c(c4)CCN(CCN=C(N)N)CC5)ncn3)cc2CC1. The first-order chi connectivity index (χ1) is 22.2. The summed E-state index contributed by atoms with van der Waals surface area (Å²) in [7, 11) is 0. The van der Waals surface area contributed by atoms with Crippen molar-refractivity contribution < 1.29 is 9.59 Å². The van der Waals surface area contributed by atoms with Crippen molar-refractivity contribution in [3.63, 3.8) is 0 Å². The molecule has 0 aliphatic carbocycles. The Bertz CT molecular complexity index is 1500. The number of hydrogen-bond donors (Lipinski definition) is 4. The van der Waals surface area contributed by atoms with E-state index in [4.69, 9.17) is 22.9 Å². The van der Waals surface area contributed by atoms with Gasteiger partial charge in [0.25, 0.3) is 0 Å². The Hall–Kier alpha value is -4.68. The highest BCUT2D eigenvalue weighted by molar-refractivity contribution is 6.00. The van der Waals surface area contributed by atoms with Gasteiger partial charge in [0.05, 0.1) is 13.1 Å². The number of Topliss-reactive ketones (excluding diaryl/α,β-unsaturated/α-hetero) is 2. The van der Waals surface area contributed by atoms with E-state index in [1.165, 1.54) is 34.6 Å². The molecule has 0 amide bonds. The van der Waals surface area contributed by atoms with Crippen molar-refractivity contribution in [1.29, 1.82) is 0 Å². The van der Waals surface area contributed by atoms with E-state index in [2.05, 4.69) is 54.0 Å². The van der Waals surface area contributed by atoms with E-state index < -0.39 is 0 Å². The van der Waals surface area contributed by atoms with Crippen LogP contribution in [0.2, 0.25) is 0 Å². The van der Waals surface area contributed by atoms with Crippen molar-refractivity contribution in [1.82, 2.24) is 19.8 Å². The number of carbonyl (C=O) groups is 2. The Morgan fingerprint density at radius 1 is 0.609 bits per heavy atom. The van der Waals surface area contributed by atoms with Gasteiger partial charge in [-0.15, -0.1) is 0 Å². The Morgan fingerprint density at radius 2 is 1.02 bits per heavy atom. The maximum atomic E-state index is 13.3. The fourth-order valence-corrected chi connectivity index (χ4v) is 6.17. The van der Waals surface area contributed by atoms with Crippen LogP contribution in [0.15, 0.2) is 58.8 Å². The van der Waals surface area contributed by atoms with Crippen LogP contribution in [-0.2, 0) is 38.5 Å². The predicted octanol–water partition coefficient (Wildman–Crippen LogP) is 0.675. The molecular formula is C34H44N10O2. The molecule has 2 aliphatic rings. The lowest BCUT2D eigenvalue weighted by molar-refractivity contribution is 0.0987. The monoisotopic (exact) mass is 624 g/mol. The Kier molecular flexibility index (Phi) is 11.1. The molecule has 12 heteroatoms. The minimum atomic E-state index is -0.140. The average molecular weight is 625 g/mol. The Morgan fingerprint density at radius 3 is 1.43 bits per heavy atom. The number of nitrogens with zero attached hydrogens (tertiary/aromatic N) is 6. The van der Waals surface area contributed by atoms with Crippen LogP contribution in [0, 0.1) is 0 Å². The topological polar surface area (TPSA) is 195 Å². The largest absolute Gasteiger partial charge is 0.370 e. The van der Waals surface area contributed by atoms with E-state index in [-0.39, 0.29) is 47.7 Å². The number of benzene rings is 2. The zero-order valence-corrected chi connectivity index (χ0v) is 26.3. The van der Waals surface area contributed by atoms with Crippen molar-refractivity contribution in [2.75, 3.05) is 52.4 Å². The lowest BCUT2D eigenvalue weighted by Crippen LogP contribution is -2.30. The highest BCUT2D eigenvalue weighted by Crippen LogP contribution is 2.21. The predicted molar refractivity (Wildman–Crippen MR) is 180 cm³/mol. The summed E-state index contributed by atoms with van der Waals surface area (Å²) >= 11 is 0. The molecule has 2 aliphatic heterocycles. The third-order valence-electron chi connectivity index (χ3n) is 8.72. The highest BCUT2D eigenvalue weighted by Gasteiger charge is 2.19. The van der Waals surface area contributed by atoms with Gasteiger partial charge in [0.2, 0.25) is 0 Å². The summed E-state index contributed by atoms with van der Waals surface area (Å²) in [6, 6.07) is 14.1. The summed E-state index contributed by atoms with van der Waals surface area (Å²) in [5, 5.41) is 0. The fraction of sp³-hybridized carbons (Fsp3) is 0.412. The maximum Gasteiger partial charge on any atom is 0.185 e. The molecule has 0 atom stereocenters. The van der Waals surface area contributed by atoms with Gasteiger partial charge >= 0.3 is 0 Å². The van der Waals surface area contributed by atoms with Crippen molar-refractivity contribution in [3.05, 3.63) is 93.6 Å². The molecule has 0 spiro atoms. The normalized spacial score (nSPS) is 15.1. The van der Waals surface area contributed by atoms with Crippen molar-refractivity contribution in [2.24, 2.45) is 32.9 Å². The van der Waals surface area contributed by atoms with Gasteiger partial charge in [-0.1, -0.05) is 36.4 Å². The second-order valence-electron chi connectivity index (χ2n) is 12.0. The highest BCUT2D eigenvalue weighted by atomic mass is 16.1. The molecule has 0 fully saturated rings. The molecular weight excluding hydrogens is 580 g/mol. The van der Waals surface area contributed by atoms with Gasteiger partial charge in [0.15, 0.2) is 23.5 Å². The van der Waals surface area contributed by atoms with Crippen LogP contribution in [0.5, 0.6) is 0 Å². The number of fused-ring (bicyclic) bond motifs is 2. The molecule has 3 heterocycles. The second-order valence-corrected chi connectivity index (χ2v) is 12.0. The van der Waals surface area contributed by atoms with Gasteiger partial charge in [-0.25, -0.2) is 9.97 Å². The first kappa shape index (κ1) is 32.7. The molecule has 0 radical (unpaired) electrons. The molecule has 46 heavy (non-hydrogen) atoms. The third kappa shape index (κ3) is 9.18. The summed E-state index contributed by atoms with van der Waals surface area (Å²) in [5.74, 6) is -0.0525. The van der Waals surface area contributed by atoms with Crippen molar-refractivity contribution >= 4 is 23.5 Å². The molecule has 0 bridgehead atoms. The summed E-state index contributed by atoms with van der Waals surface area (Å²) in [5.41, 5.74) is 29.3. The fourth-order valence-electron chi connectivity index (χ4n) is 6.17. The molecule has 242 valence electrons. The number of nitrogens with two attached hydrogens (primary N) is 4.